The molecule has 0 spiro atoms. The molecule has 3 aliphatic rings. The molecule has 1 atom stereocenters. The highest BCUT2D eigenvalue weighted by atomic mass is 35.5. The number of hydroxylamine groups is 2. The van der Waals surface area contributed by atoms with Gasteiger partial charge in [-0.25, -0.2) is 4.39 Å². The zero-order valence-electron chi connectivity index (χ0n) is 27.6. The van der Waals surface area contributed by atoms with E-state index in [0.29, 0.717) is 64.1 Å². The molecule has 3 aromatic rings. The first kappa shape index (κ1) is 34.5. The van der Waals surface area contributed by atoms with Gasteiger partial charge in [-0.1, -0.05) is 29.8 Å². The van der Waals surface area contributed by atoms with E-state index < -0.39 is 17.6 Å². The first-order chi connectivity index (χ1) is 23.2. The van der Waals surface area contributed by atoms with Gasteiger partial charge in [-0.05, 0) is 82.1 Å². The maximum Gasteiger partial charge on any atom is 0.308 e. The third-order valence-corrected chi connectivity index (χ3v) is 10.1. The number of ketones is 1. The number of carbonyl (C=O) groups excluding carboxylic acids is 3. The van der Waals surface area contributed by atoms with Gasteiger partial charge in [0.25, 0.3) is 11.8 Å². The number of halogens is 2. The van der Waals surface area contributed by atoms with Crippen molar-refractivity contribution >= 4 is 45.9 Å². The van der Waals surface area contributed by atoms with Gasteiger partial charge in [0.2, 0.25) is 5.78 Å². The van der Waals surface area contributed by atoms with Crippen molar-refractivity contribution in [2.75, 3.05) is 38.2 Å². The van der Waals surface area contributed by atoms with Crippen LogP contribution in [0.15, 0.2) is 42.6 Å². The molecule has 0 radical (unpaired) electrons. The topological polar surface area (TPSA) is 102 Å². The van der Waals surface area contributed by atoms with Crippen LogP contribution in [0.4, 0.5) is 10.1 Å². The monoisotopic (exact) mass is 682 g/mol. The number of amides is 1. The molecule has 1 unspecified atom stereocenters. The molecule has 2 saturated heterocycles. The number of benzene rings is 2. The molecule has 1 N–H and O–H groups in total. The average Bonchev–Trinajstić information content (AvgIpc) is 3.76. The summed E-state index contributed by atoms with van der Waals surface area (Å²) in [6.07, 6.45) is 6.99. The molecule has 3 fully saturated rings. The summed E-state index contributed by atoms with van der Waals surface area (Å²) >= 11 is 6.63. The van der Waals surface area contributed by atoms with Gasteiger partial charge in [-0.2, -0.15) is 0 Å². The molecule has 6 rings (SSSR count). The first-order valence-electron chi connectivity index (χ1n) is 17.1. The van der Waals surface area contributed by atoms with E-state index in [9.17, 15) is 14.4 Å². The van der Waals surface area contributed by atoms with Gasteiger partial charge in [0.15, 0.2) is 0 Å². The van der Waals surface area contributed by atoms with Gasteiger partial charge in [0.05, 0.1) is 41.5 Å². The summed E-state index contributed by atoms with van der Waals surface area (Å²) < 4.78 is 29.8. The van der Waals surface area contributed by atoms with E-state index in [-0.39, 0.29) is 46.5 Å². The van der Waals surface area contributed by atoms with Crippen molar-refractivity contribution in [1.82, 2.24) is 14.5 Å². The third kappa shape index (κ3) is 7.02. The highest BCUT2D eigenvalue weighted by Gasteiger charge is 2.54. The smallest absolute Gasteiger partial charge is 0.308 e. The normalized spacial score (nSPS) is 22.0. The quantitative estimate of drug-likeness (QED) is 0.237. The summed E-state index contributed by atoms with van der Waals surface area (Å²) in [6, 6.07) is 10.1. The van der Waals surface area contributed by atoms with Crippen molar-refractivity contribution in [3.8, 4) is 0 Å². The number of likely N-dealkylation sites (tertiary alicyclic amines) is 1. The van der Waals surface area contributed by atoms with Crippen molar-refractivity contribution in [2.24, 2.45) is 13.0 Å². The van der Waals surface area contributed by atoms with Crippen LogP contribution in [0.2, 0.25) is 5.02 Å². The van der Waals surface area contributed by atoms with Crippen LogP contribution < -0.4 is 5.32 Å². The zero-order chi connectivity index (χ0) is 33.8. The number of para-hydroxylation sites is 1. The number of nitrogens with one attached hydrogen (secondary N) is 1. The SMILES string of the molecule is CCOC(=O)C1CCC(OC(C(=O)Cc2cc(Cl)c(NC(=O)c3cn(C)c4ccccc34)cc2F)(N2CCCC2)N2CCCCO2)CC1. The summed E-state index contributed by atoms with van der Waals surface area (Å²) in [7, 11) is 1.85. The van der Waals surface area contributed by atoms with Crippen LogP contribution >= 0.6 is 11.6 Å². The van der Waals surface area contributed by atoms with Gasteiger partial charge in [0.1, 0.15) is 5.82 Å². The lowest BCUT2D eigenvalue weighted by Gasteiger charge is -2.49. The Morgan fingerprint density at radius 2 is 1.77 bits per heavy atom. The third-order valence-electron chi connectivity index (χ3n) is 9.74. The molecule has 1 saturated carbocycles. The highest BCUT2D eigenvalue weighted by molar-refractivity contribution is 6.34. The lowest BCUT2D eigenvalue weighted by molar-refractivity contribution is -0.361. The molecule has 2 aliphatic heterocycles. The summed E-state index contributed by atoms with van der Waals surface area (Å²) in [5, 5.41) is 5.30. The van der Waals surface area contributed by atoms with Gasteiger partial charge < -0.3 is 19.4 Å². The number of ether oxygens (including phenoxy) is 2. The van der Waals surface area contributed by atoms with Crippen molar-refractivity contribution in [1.29, 1.82) is 0 Å². The minimum absolute atomic E-state index is 0.100. The van der Waals surface area contributed by atoms with Crippen LogP contribution in [0.1, 0.15) is 74.2 Å². The second-order valence-corrected chi connectivity index (χ2v) is 13.3. The van der Waals surface area contributed by atoms with Crippen LogP contribution in [-0.2, 0) is 37.4 Å². The van der Waals surface area contributed by atoms with Crippen LogP contribution in [-0.4, -0.2) is 77.0 Å². The van der Waals surface area contributed by atoms with E-state index in [1.54, 1.807) is 18.2 Å². The summed E-state index contributed by atoms with van der Waals surface area (Å²) in [5.41, 5.74) is 1.54. The van der Waals surface area contributed by atoms with Gasteiger partial charge in [0, 0.05) is 50.2 Å². The highest BCUT2D eigenvalue weighted by Crippen LogP contribution is 2.38. The Bertz CT molecular complexity index is 1640. The fraction of sp³-hybridized carbons (Fsp3) is 0.528. The van der Waals surface area contributed by atoms with E-state index >= 15 is 4.39 Å². The molecule has 48 heavy (non-hydrogen) atoms. The van der Waals surface area contributed by atoms with Gasteiger partial charge >= 0.3 is 5.97 Å². The van der Waals surface area contributed by atoms with Gasteiger partial charge in [-0.15, -0.1) is 5.06 Å². The molecule has 12 heteroatoms. The number of Topliss-reactive ketones (excluding diaryl/α,β-unsaturated/α-hetero) is 1. The Kier molecular flexibility index (Phi) is 10.8. The van der Waals surface area contributed by atoms with Crippen molar-refractivity contribution < 1.29 is 33.1 Å². The molecule has 3 heterocycles. The van der Waals surface area contributed by atoms with Crippen LogP contribution in [0.3, 0.4) is 0 Å². The van der Waals surface area contributed by atoms with Crippen molar-refractivity contribution in [3.63, 3.8) is 0 Å². The number of aromatic nitrogens is 1. The number of rotatable bonds is 11. The number of fused-ring (bicyclic) bond motifs is 1. The summed E-state index contributed by atoms with van der Waals surface area (Å²) in [4.78, 5) is 48.5. The zero-order valence-corrected chi connectivity index (χ0v) is 28.4. The van der Waals surface area contributed by atoms with Crippen LogP contribution in [0, 0.1) is 11.7 Å². The van der Waals surface area contributed by atoms with Gasteiger partial charge in [-0.3, -0.25) is 24.1 Å². The Morgan fingerprint density at radius 1 is 1.04 bits per heavy atom. The summed E-state index contributed by atoms with van der Waals surface area (Å²) in [6.45, 7) is 4.34. The first-order valence-corrected chi connectivity index (χ1v) is 17.5. The molecule has 1 aromatic heterocycles. The number of aryl methyl sites for hydroxylation is 1. The lowest BCUT2D eigenvalue weighted by Crippen LogP contribution is -2.68. The van der Waals surface area contributed by atoms with E-state index in [0.717, 1.165) is 36.6 Å². The number of esters is 1. The predicted molar refractivity (Wildman–Crippen MR) is 180 cm³/mol. The largest absolute Gasteiger partial charge is 0.466 e. The molecular weight excluding hydrogens is 639 g/mol. The molecule has 0 bridgehead atoms. The average molecular weight is 683 g/mol. The fourth-order valence-corrected chi connectivity index (χ4v) is 7.49. The Hall–Kier alpha value is -3.35. The molecular formula is C36H44ClFN4O6. The Labute approximate surface area is 285 Å². The second-order valence-electron chi connectivity index (χ2n) is 12.9. The number of hydrogen-bond donors (Lipinski definition) is 1. The minimum atomic E-state index is -1.56. The second kappa shape index (κ2) is 15.0. The fourth-order valence-electron chi connectivity index (χ4n) is 7.26. The Morgan fingerprint density at radius 3 is 2.48 bits per heavy atom. The number of carbonyl (C=O) groups is 3. The van der Waals surface area contributed by atoms with E-state index in [1.807, 2.05) is 40.8 Å². The van der Waals surface area contributed by atoms with Crippen LogP contribution in [0.5, 0.6) is 0 Å². The molecule has 10 nitrogen and oxygen atoms in total. The maximum atomic E-state index is 15.8. The van der Waals surface area contributed by atoms with Crippen molar-refractivity contribution in [2.45, 2.75) is 76.7 Å². The molecule has 1 amide bonds. The van der Waals surface area contributed by atoms with E-state index in [2.05, 4.69) is 5.32 Å². The molecule has 2 aromatic carbocycles. The lowest BCUT2D eigenvalue weighted by atomic mass is 9.87. The standard InChI is InChI=1S/C36H44ClFN4O6/c1-3-46-35(45)24-12-14-26(15-13-24)48-36(41-16-6-7-17-41,42-18-8-9-19-47-42)33(43)21-25-20-29(37)31(22-30(25)38)39-34(44)28-23-40(2)32-11-5-4-10-27(28)32/h4-5,10-11,20,22-24,26H,3,6-9,12-19,21H2,1-2H3,(H,39,44). The van der Waals surface area contributed by atoms with Crippen molar-refractivity contribution in [3.05, 3.63) is 64.6 Å². The molecule has 258 valence electrons. The number of anilines is 1. The van der Waals surface area contributed by atoms with Crippen LogP contribution in [0.25, 0.3) is 10.9 Å². The summed E-state index contributed by atoms with van der Waals surface area (Å²) in [5.74, 6) is -3.37. The number of nitrogens with zero attached hydrogens (tertiary/aromatic N) is 3. The molecule has 1 aliphatic carbocycles. The maximum absolute atomic E-state index is 15.8. The number of hydrogen-bond acceptors (Lipinski definition) is 8. The van der Waals surface area contributed by atoms with E-state index in [1.165, 1.54) is 12.1 Å². The Balaban J connectivity index is 1.25. The minimum Gasteiger partial charge on any atom is -0.466 e. The van der Waals surface area contributed by atoms with E-state index in [4.69, 9.17) is 25.9 Å². The predicted octanol–water partition coefficient (Wildman–Crippen LogP) is 6.25.